The van der Waals surface area contributed by atoms with Crippen LogP contribution >= 0.6 is 0 Å². The standard InChI is InChI=1S/C15H26FN3/c1-3-13-8-9-14(19-15(13)17-2)7-4-5-11-18-12-6-10-16/h8-9,18H,3-7,10-12H2,1-2H3,(H,17,19). The van der Waals surface area contributed by atoms with Gasteiger partial charge in [0.05, 0.1) is 6.67 Å². The highest BCUT2D eigenvalue weighted by atomic mass is 19.1. The molecule has 4 heteroatoms. The Morgan fingerprint density at radius 1 is 1.16 bits per heavy atom. The van der Waals surface area contributed by atoms with Crippen LogP contribution in [0.4, 0.5) is 10.2 Å². The summed E-state index contributed by atoms with van der Waals surface area (Å²) in [7, 11) is 1.92. The molecule has 0 saturated carbocycles. The zero-order valence-corrected chi connectivity index (χ0v) is 12.1. The topological polar surface area (TPSA) is 37.0 Å². The molecule has 0 bridgehead atoms. The average Bonchev–Trinajstić information content (AvgIpc) is 2.46. The number of halogens is 1. The molecular weight excluding hydrogens is 241 g/mol. The van der Waals surface area contributed by atoms with Crippen molar-refractivity contribution >= 4 is 5.82 Å². The van der Waals surface area contributed by atoms with Gasteiger partial charge in [-0.15, -0.1) is 0 Å². The number of alkyl halides is 1. The molecule has 108 valence electrons. The summed E-state index contributed by atoms with van der Waals surface area (Å²) >= 11 is 0. The molecule has 0 atom stereocenters. The van der Waals surface area contributed by atoms with Crippen LogP contribution in [0.5, 0.6) is 0 Å². The van der Waals surface area contributed by atoms with Gasteiger partial charge in [0.1, 0.15) is 5.82 Å². The monoisotopic (exact) mass is 267 g/mol. The Morgan fingerprint density at radius 2 is 1.95 bits per heavy atom. The van der Waals surface area contributed by atoms with Crippen molar-refractivity contribution in [3.8, 4) is 0 Å². The van der Waals surface area contributed by atoms with E-state index in [0.29, 0.717) is 6.42 Å². The second kappa shape index (κ2) is 9.73. The van der Waals surface area contributed by atoms with E-state index in [1.54, 1.807) is 0 Å². The first-order valence-corrected chi connectivity index (χ1v) is 7.25. The van der Waals surface area contributed by atoms with Crippen molar-refractivity contribution in [1.29, 1.82) is 0 Å². The molecule has 19 heavy (non-hydrogen) atoms. The van der Waals surface area contributed by atoms with Crippen LogP contribution in [0.25, 0.3) is 0 Å². The Hall–Kier alpha value is -1.16. The van der Waals surface area contributed by atoms with Crippen molar-refractivity contribution in [3.63, 3.8) is 0 Å². The molecule has 3 nitrogen and oxygen atoms in total. The van der Waals surface area contributed by atoms with Gasteiger partial charge in [-0.3, -0.25) is 4.39 Å². The normalized spacial score (nSPS) is 10.7. The van der Waals surface area contributed by atoms with Crippen molar-refractivity contribution in [1.82, 2.24) is 10.3 Å². The molecule has 0 unspecified atom stereocenters. The molecular formula is C15H26FN3. The predicted molar refractivity (Wildman–Crippen MR) is 79.6 cm³/mol. The zero-order valence-electron chi connectivity index (χ0n) is 12.1. The fourth-order valence-electron chi connectivity index (χ4n) is 2.04. The Labute approximate surface area is 116 Å². The Bertz CT molecular complexity index is 355. The van der Waals surface area contributed by atoms with Crippen LogP contribution in [0.1, 0.15) is 37.4 Å². The highest BCUT2D eigenvalue weighted by Crippen LogP contribution is 2.14. The number of rotatable bonds is 10. The summed E-state index contributed by atoms with van der Waals surface area (Å²) in [4.78, 5) is 4.63. The van der Waals surface area contributed by atoms with E-state index in [4.69, 9.17) is 0 Å². The van der Waals surface area contributed by atoms with Gasteiger partial charge in [0.25, 0.3) is 0 Å². The van der Waals surface area contributed by atoms with Crippen LogP contribution in [-0.4, -0.2) is 31.8 Å². The van der Waals surface area contributed by atoms with Crippen LogP contribution in [0.15, 0.2) is 12.1 Å². The van der Waals surface area contributed by atoms with Gasteiger partial charge in [0.2, 0.25) is 0 Å². The Morgan fingerprint density at radius 3 is 2.63 bits per heavy atom. The summed E-state index contributed by atoms with van der Waals surface area (Å²) in [5, 5.41) is 6.39. The summed E-state index contributed by atoms with van der Waals surface area (Å²) < 4.78 is 11.9. The van der Waals surface area contributed by atoms with E-state index in [-0.39, 0.29) is 6.67 Å². The molecule has 1 rings (SSSR count). The lowest BCUT2D eigenvalue weighted by molar-refractivity contribution is 0.457. The van der Waals surface area contributed by atoms with Crippen LogP contribution in [0.3, 0.4) is 0 Å². The molecule has 0 amide bonds. The molecule has 0 aliphatic heterocycles. The third-order valence-corrected chi connectivity index (χ3v) is 3.18. The van der Waals surface area contributed by atoms with Crippen molar-refractivity contribution < 1.29 is 4.39 Å². The number of anilines is 1. The molecule has 2 N–H and O–H groups in total. The minimum absolute atomic E-state index is 0.229. The minimum atomic E-state index is -0.229. The minimum Gasteiger partial charge on any atom is -0.373 e. The molecule has 1 heterocycles. The third-order valence-electron chi connectivity index (χ3n) is 3.18. The van der Waals surface area contributed by atoms with Gasteiger partial charge in [0.15, 0.2) is 0 Å². The van der Waals surface area contributed by atoms with Crippen LogP contribution in [0.2, 0.25) is 0 Å². The van der Waals surface area contributed by atoms with Gasteiger partial charge >= 0.3 is 0 Å². The number of hydrogen-bond acceptors (Lipinski definition) is 3. The lowest BCUT2D eigenvalue weighted by Gasteiger charge is -2.09. The van der Waals surface area contributed by atoms with E-state index in [9.17, 15) is 4.39 Å². The van der Waals surface area contributed by atoms with Crippen LogP contribution in [0, 0.1) is 0 Å². The smallest absolute Gasteiger partial charge is 0.129 e. The maximum Gasteiger partial charge on any atom is 0.129 e. The summed E-state index contributed by atoms with van der Waals surface area (Å²) in [5.74, 6) is 1.00. The number of aryl methyl sites for hydroxylation is 2. The molecule has 0 saturated heterocycles. The Balaban J connectivity index is 2.26. The van der Waals surface area contributed by atoms with E-state index in [1.807, 2.05) is 7.05 Å². The highest BCUT2D eigenvalue weighted by molar-refractivity contribution is 5.44. The highest BCUT2D eigenvalue weighted by Gasteiger charge is 2.02. The number of pyridine rings is 1. The summed E-state index contributed by atoms with van der Waals surface area (Å²) in [6.07, 6.45) is 4.85. The van der Waals surface area contributed by atoms with E-state index in [1.165, 1.54) is 5.56 Å². The molecule has 0 radical (unpaired) electrons. The molecule has 0 fully saturated rings. The number of aromatic nitrogens is 1. The van der Waals surface area contributed by atoms with Gasteiger partial charge in [-0.25, -0.2) is 4.98 Å². The fourth-order valence-corrected chi connectivity index (χ4v) is 2.04. The lowest BCUT2D eigenvalue weighted by atomic mass is 10.1. The van der Waals surface area contributed by atoms with Crippen LogP contribution < -0.4 is 10.6 Å². The van der Waals surface area contributed by atoms with Crippen molar-refractivity contribution in [3.05, 3.63) is 23.4 Å². The molecule has 0 aromatic carbocycles. The van der Waals surface area contributed by atoms with Crippen molar-refractivity contribution in [2.75, 3.05) is 32.1 Å². The van der Waals surface area contributed by atoms with Crippen molar-refractivity contribution in [2.24, 2.45) is 0 Å². The van der Waals surface area contributed by atoms with Crippen molar-refractivity contribution in [2.45, 2.75) is 39.0 Å². The van der Waals surface area contributed by atoms with Gasteiger partial charge < -0.3 is 10.6 Å². The molecule has 1 aromatic heterocycles. The second-order valence-electron chi connectivity index (χ2n) is 4.66. The fraction of sp³-hybridized carbons (Fsp3) is 0.667. The quantitative estimate of drug-likeness (QED) is 0.640. The average molecular weight is 267 g/mol. The largest absolute Gasteiger partial charge is 0.373 e. The van der Waals surface area contributed by atoms with Gasteiger partial charge in [-0.2, -0.15) is 0 Å². The van der Waals surface area contributed by atoms with Crippen LogP contribution in [-0.2, 0) is 12.8 Å². The summed E-state index contributed by atoms with van der Waals surface area (Å²) in [6.45, 7) is 3.66. The number of nitrogens with zero attached hydrogens (tertiary/aromatic N) is 1. The first kappa shape index (κ1) is 15.9. The first-order chi connectivity index (χ1) is 9.31. The van der Waals surface area contributed by atoms with Gasteiger partial charge in [-0.1, -0.05) is 13.0 Å². The second-order valence-corrected chi connectivity index (χ2v) is 4.66. The number of nitrogens with one attached hydrogen (secondary N) is 2. The molecule has 1 aromatic rings. The van der Waals surface area contributed by atoms with E-state index in [0.717, 1.165) is 50.3 Å². The van der Waals surface area contributed by atoms with E-state index >= 15 is 0 Å². The van der Waals surface area contributed by atoms with E-state index in [2.05, 4.69) is 34.7 Å². The maximum absolute atomic E-state index is 11.9. The zero-order chi connectivity index (χ0) is 13.9. The lowest BCUT2D eigenvalue weighted by Crippen LogP contribution is -2.17. The summed E-state index contributed by atoms with van der Waals surface area (Å²) in [6, 6.07) is 4.28. The van der Waals surface area contributed by atoms with Gasteiger partial charge in [0, 0.05) is 12.7 Å². The first-order valence-electron chi connectivity index (χ1n) is 7.25. The number of hydrogen-bond donors (Lipinski definition) is 2. The Kier molecular flexibility index (Phi) is 8.14. The summed E-state index contributed by atoms with van der Waals surface area (Å²) in [5.41, 5.74) is 2.41. The third kappa shape index (κ3) is 6.01. The van der Waals surface area contributed by atoms with Gasteiger partial charge in [-0.05, 0) is 56.8 Å². The SMILES string of the molecule is CCc1ccc(CCCCNCCCF)nc1NC. The number of unbranched alkanes of at least 4 members (excludes halogenated alkanes) is 1. The molecule has 0 aliphatic rings. The molecule has 0 aliphatic carbocycles. The van der Waals surface area contributed by atoms with E-state index < -0.39 is 0 Å². The molecule has 0 spiro atoms. The maximum atomic E-state index is 11.9. The predicted octanol–water partition coefficient (Wildman–Crippen LogP) is 2.96.